The van der Waals surface area contributed by atoms with Gasteiger partial charge in [0.25, 0.3) is 0 Å². The average Bonchev–Trinajstić information content (AvgIpc) is 2.72. The summed E-state index contributed by atoms with van der Waals surface area (Å²) in [6.45, 7) is 0. The van der Waals surface area contributed by atoms with Gasteiger partial charge >= 0.3 is 0 Å². The van der Waals surface area contributed by atoms with Crippen LogP contribution >= 0.6 is 0 Å². The monoisotopic (exact) mass is 184 g/mol. The van der Waals surface area contributed by atoms with E-state index >= 15 is 0 Å². The topological polar surface area (TPSA) is 49.8 Å². The first-order valence-electron chi connectivity index (χ1n) is 4.26. The summed E-state index contributed by atoms with van der Waals surface area (Å²) < 4.78 is 5.19. The fraction of sp³-hybridized carbons (Fsp3) is 0.0909. The van der Waals surface area contributed by atoms with Crippen LogP contribution in [0.1, 0.15) is 17.0 Å². The number of hydrogen-bond acceptors (Lipinski definition) is 3. The van der Waals surface area contributed by atoms with Crippen LogP contribution in [-0.2, 0) is 6.42 Å². The van der Waals surface area contributed by atoms with Gasteiger partial charge in [-0.1, -0.05) is 0 Å². The lowest BCUT2D eigenvalue weighted by molar-refractivity contribution is 0.519. The van der Waals surface area contributed by atoms with E-state index in [9.17, 15) is 0 Å². The van der Waals surface area contributed by atoms with E-state index in [0.29, 0.717) is 12.0 Å². The number of hydrogen-bond donors (Lipinski definition) is 0. The van der Waals surface area contributed by atoms with E-state index in [0.717, 1.165) is 11.5 Å². The molecule has 0 aliphatic carbocycles. The van der Waals surface area contributed by atoms with Gasteiger partial charge in [0.15, 0.2) is 0 Å². The first-order chi connectivity index (χ1) is 6.88. The maximum atomic E-state index is 8.58. The average molecular weight is 184 g/mol. The third kappa shape index (κ3) is 1.80. The molecule has 0 unspecified atom stereocenters. The Balaban J connectivity index is 2.15. The first-order valence-corrected chi connectivity index (χ1v) is 4.26. The second-order valence-electron chi connectivity index (χ2n) is 2.91. The molecule has 3 heteroatoms. The van der Waals surface area contributed by atoms with Crippen LogP contribution in [0.4, 0.5) is 0 Å². The minimum Gasteiger partial charge on any atom is -0.469 e. The van der Waals surface area contributed by atoms with Crippen molar-refractivity contribution < 1.29 is 4.42 Å². The van der Waals surface area contributed by atoms with Gasteiger partial charge in [-0.25, -0.2) is 0 Å². The summed E-state index contributed by atoms with van der Waals surface area (Å²) in [6.07, 6.45) is 3.87. The zero-order valence-corrected chi connectivity index (χ0v) is 7.47. The highest BCUT2D eigenvalue weighted by molar-refractivity contribution is 5.27. The van der Waals surface area contributed by atoms with Crippen molar-refractivity contribution in [2.75, 3.05) is 0 Å². The Morgan fingerprint density at radius 1 is 1.36 bits per heavy atom. The van der Waals surface area contributed by atoms with E-state index in [4.69, 9.17) is 9.68 Å². The molecule has 0 saturated carbocycles. The third-order valence-electron chi connectivity index (χ3n) is 1.89. The van der Waals surface area contributed by atoms with Gasteiger partial charge in [-0.3, -0.25) is 4.98 Å². The summed E-state index contributed by atoms with van der Waals surface area (Å²) >= 11 is 0. The van der Waals surface area contributed by atoms with Gasteiger partial charge in [-0.2, -0.15) is 5.26 Å². The Morgan fingerprint density at radius 2 is 2.29 bits per heavy atom. The van der Waals surface area contributed by atoms with Crippen LogP contribution in [0.3, 0.4) is 0 Å². The second kappa shape index (κ2) is 3.75. The molecule has 0 amide bonds. The van der Waals surface area contributed by atoms with E-state index in [2.05, 4.69) is 4.98 Å². The molecule has 0 fully saturated rings. The summed E-state index contributed by atoms with van der Waals surface area (Å²) in [5.74, 6) is 0.877. The van der Waals surface area contributed by atoms with Gasteiger partial charge < -0.3 is 4.42 Å². The van der Waals surface area contributed by atoms with E-state index < -0.39 is 0 Å². The van der Waals surface area contributed by atoms with Crippen molar-refractivity contribution in [2.45, 2.75) is 6.42 Å². The standard InChI is InChI=1S/C11H8N2O/c12-7-9-3-4-10(13-8-9)6-11-2-1-5-14-11/h1-5,8H,6H2. The van der Waals surface area contributed by atoms with Crippen LogP contribution < -0.4 is 0 Å². The Morgan fingerprint density at radius 3 is 2.86 bits per heavy atom. The van der Waals surface area contributed by atoms with Crippen molar-refractivity contribution in [2.24, 2.45) is 0 Å². The molecule has 0 spiro atoms. The van der Waals surface area contributed by atoms with Crippen LogP contribution in [0.5, 0.6) is 0 Å². The molecular weight excluding hydrogens is 176 g/mol. The largest absolute Gasteiger partial charge is 0.469 e. The van der Waals surface area contributed by atoms with Gasteiger partial charge in [0.2, 0.25) is 0 Å². The summed E-state index contributed by atoms with van der Waals surface area (Å²) in [7, 11) is 0. The fourth-order valence-electron chi connectivity index (χ4n) is 1.19. The zero-order chi connectivity index (χ0) is 9.80. The molecule has 2 rings (SSSR count). The normalized spacial score (nSPS) is 9.64. The first kappa shape index (κ1) is 8.52. The van der Waals surface area contributed by atoms with Crippen LogP contribution in [-0.4, -0.2) is 4.98 Å². The zero-order valence-electron chi connectivity index (χ0n) is 7.47. The quantitative estimate of drug-likeness (QED) is 0.718. The van der Waals surface area contributed by atoms with Crippen molar-refractivity contribution >= 4 is 0 Å². The molecule has 0 saturated heterocycles. The predicted molar refractivity (Wildman–Crippen MR) is 50.5 cm³/mol. The van der Waals surface area contributed by atoms with E-state index in [1.165, 1.54) is 0 Å². The maximum Gasteiger partial charge on any atom is 0.109 e. The number of nitrogens with zero attached hydrogens (tertiary/aromatic N) is 2. The number of rotatable bonds is 2. The van der Waals surface area contributed by atoms with Gasteiger partial charge in [-0.15, -0.1) is 0 Å². The van der Waals surface area contributed by atoms with Gasteiger partial charge in [-0.05, 0) is 24.3 Å². The maximum absolute atomic E-state index is 8.58. The number of aromatic nitrogens is 1. The lowest BCUT2D eigenvalue weighted by atomic mass is 10.2. The van der Waals surface area contributed by atoms with Gasteiger partial charge in [0.05, 0.1) is 11.8 Å². The third-order valence-corrected chi connectivity index (χ3v) is 1.89. The molecular formula is C11H8N2O. The molecule has 2 heterocycles. The second-order valence-corrected chi connectivity index (χ2v) is 2.91. The van der Waals surface area contributed by atoms with E-state index in [1.54, 1.807) is 18.5 Å². The Hall–Kier alpha value is -2.08. The number of pyridine rings is 1. The molecule has 0 aliphatic rings. The van der Waals surface area contributed by atoms with Gasteiger partial charge in [0.1, 0.15) is 11.8 Å². The summed E-state index contributed by atoms with van der Waals surface area (Å²) in [5.41, 5.74) is 1.48. The van der Waals surface area contributed by atoms with Crippen LogP contribution in [0.15, 0.2) is 41.1 Å². The minimum absolute atomic E-state index is 0.577. The molecule has 0 bridgehead atoms. The Kier molecular flexibility index (Phi) is 2.28. The van der Waals surface area contributed by atoms with Crippen LogP contribution in [0, 0.1) is 11.3 Å². The molecule has 0 aliphatic heterocycles. The predicted octanol–water partition coefficient (Wildman–Crippen LogP) is 2.14. The van der Waals surface area contributed by atoms with E-state index in [-0.39, 0.29) is 0 Å². The molecule has 2 aromatic heterocycles. The molecule has 3 nitrogen and oxygen atoms in total. The van der Waals surface area contributed by atoms with Gasteiger partial charge in [0, 0.05) is 18.3 Å². The SMILES string of the molecule is N#Cc1ccc(Cc2ccco2)nc1. The number of nitriles is 1. The van der Waals surface area contributed by atoms with E-state index in [1.807, 2.05) is 24.3 Å². The molecule has 0 atom stereocenters. The Bertz CT molecular complexity index is 437. The molecule has 68 valence electrons. The molecule has 0 aromatic carbocycles. The van der Waals surface area contributed by atoms with Crippen molar-refractivity contribution in [3.63, 3.8) is 0 Å². The summed E-state index contributed by atoms with van der Waals surface area (Å²) in [6, 6.07) is 9.37. The van der Waals surface area contributed by atoms with Crippen molar-refractivity contribution in [3.8, 4) is 6.07 Å². The lowest BCUT2D eigenvalue weighted by Crippen LogP contribution is -1.90. The number of furan rings is 1. The van der Waals surface area contributed by atoms with Crippen LogP contribution in [0.25, 0.3) is 0 Å². The highest BCUT2D eigenvalue weighted by Crippen LogP contribution is 2.07. The fourth-order valence-corrected chi connectivity index (χ4v) is 1.19. The molecule has 0 N–H and O–H groups in total. The van der Waals surface area contributed by atoms with Crippen molar-refractivity contribution in [1.82, 2.24) is 4.98 Å². The highest BCUT2D eigenvalue weighted by atomic mass is 16.3. The lowest BCUT2D eigenvalue weighted by Gasteiger charge is -1.96. The van der Waals surface area contributed by atoms with Crippen LogP contribution in [0.2, 0.25) is 0 Å². The molecule has 0 radical (unpaired) electrons. The smallest absolute Gasteiger partial charge is 0.109 e. The molecule has 2 aromatic rings. The summed E-state index contributed by atoms with van der Waals surface area (Å²) in [5, 5.41) is 8.58. The van der Waals surface area contributed by atoms with Crippen molar-refractivity contribution in [1.29, 1.82) is 5.26 Å². The summed E-state index contributed by atoms with van der Waals surface area (Å²) in [4.78, 5) is 4.14. The minimum atomic E-state index is 0.577. The highest BCUT2D eigenvalue weighted by Gasteiger charge is 1.99. The van der Waals surface area contributed by atoms with Crippen molar-refractivity contribution in [3.05, 3.63) is 53.7 Å². The Labute approximate surface area is 81.6 Å². The molecule has 14 heavy (non-hydrogen) atoms.